The number of benzene rings is 1. The molecule has 1 aromatic heterocycles. The van der Waals surface area contributed by atoms with Gasteiger partial charge >= 0.3 is 0 Å². The predicted molar refractivity (Wildman–Crippen MR) is 90.2 cm³/mol. The molecule has 0 amide bonds. The lowest BCUT2D eigenvalue weighted by molar-refractivity contribution is 0.122. The number of sulfonamides is 1. The number of morpholine rings is 1. The van der Waals surface area contributed by atoms with Gasteiger partial charge in [0.15, 0.2) is 4.90 Å². The Morgan fingerprint density at radius 1 is 1.19 bits per heavy atom. The topological polar surface area (TPSA) is 84.4 Å². The van der Waals surface area contributed by atoms with E-state index in [2.05, 4.69) is 14.7 Å². The number of ether oxygens (including phenoxy) is 1. The van der Waals surface area contributed by atoms with Crippen LogP contribution in [0.25, 0.3) is 0 Å². The molecule has 1 aliphatic rings. The fraction of sp³-hybridized carbons (Fsp3) is 0.375. The Morgan fingerprint density at radius 3 is 2.50 bits per heavy atom. The summed E-state index contributed by atoms with van der Waals surface area (Å²) in [4.78, 5) is 9.52. The molecule has 2 aromatic rings. The maximum Gasteiger partial charge on any atom is 0.246 e. The van der Waals surface area contributed by atoms with E-state index < -0.39 is 26.6 Å². The second-order valence-corrected chi connectivity index (χ2v) is 7.46. The molecule has 2 heterocycles. The van der Waals surface area contributed by atoms with Crippen molar-refractivity contribution >= 4 is 15.8 Å². The molecule has 10 heteroatoms. The van der Waals surface area contributed by atoms with E-state index >= 15 is 0 Å². The molecule has 1 N–H and O–H groups in total. The minimum absolute atomic E-state index is 0.215. The number of nitrogens with one attached hydrogen (secondary N) is 1. The summed E-state index contributed by atoms with van der Waals surface area (Å²) in [5, 5.41) is 0. The molecular weight excluding hydrogens is 366 g/mol. The van der Waals surface area contributed by atoms with Crippen LogP contribution < -0.4 is 9.62 Å². The molecule has 26 heavy (non-hydrogen) atoms. The van der Waals surface area contributed by atoms with Crippen LogP contribution in [0.5, 0.6) is 0 Å². The van der Waals surface area contributed by atoms with Crippen molar-refractivity contribution in [2.75, 3.05) is 31.2 Å². The monoisotopic (exact) mass is 384 g/mol. The molecule has 0 radical (unpaired) electrons. The van der Waals surface area contributed by atoms with Crippen LogP contribution in [0, 0.1) is 18.6 Å². The Labute approximate surface area is 150 Å². The van der Waals surface area contributed by atoms with Crippen molar-refractivity contribution < 1.29 is 21.9 Å². The summed E-state index contributed by atoms with van der Waals surface area (Å²) in [6.07, 6.45) is 0. The first-order chi connectivity index (χ1) is 12.4. The summed E-state index contributed by atoms with van der Waals surface area (Å²) in [6.45, 7) is 3.98. The summed E-state index contributed by atoms with van der Waals surface area (Å²) in [5.41, 5.74) is 0.660. The normalized spacial score (nSPS) is 15.3. The standard InChI is InChI=1S/C16H18F2N4O3S/c1-11-9-15(22-5-7-25-8-6-22)21-14(20-11)10-19-26(23,24)16-12(17)3-2-4-13(16)18/h2-4,9,19H,5-8,10H2,1H3. The van der Waals surface area contributed by atoms with Crippen molar-refractivity contribution in [2.45, 2.75) is 18.4 Å². The molecule has 1 aliphatic heterocycles. The fourth-order valence-corrected chi connectivity index (χ4v) is 3.73. The van der Waals surface area contributed by atoms with Gasteiger partial charge in [0, 0.05) is 24.8 Å². The maximum absolute atomic E-state index is 13.7. The number of nitrogens with zero attached hydrogens (tertiary/aromatic N) is 3. The number of aryl methyl sites for hydroxylation is 1. The van der Waals surface area contributed by atoms with E-state index in [-0.39, 0.29) is 12.4 Å². The van der Waals surface area contributed by atoms with Crippen molar-refractivity contribution in [1.29, 1.82) is 0 Å². The van der Waals surface area contributed by atoms with E-state index in [9.17, 15) is 17.2 Å². The molecule has 140 valence electrons. The van der Waals surface area contributed by atoms with Gasteiger partial charge in [-0.05, 0) is 19.1 Å². The van der Waals surface area contributed by atoms with Gasteiger partial charge in [0.05, 0.1) is 19.8 Å². The first-order valence-corrected chi connectivity index (χ1v) is 9.46. The molecule has 3 rings (SSSR count). The summed E-state index contributed by atoms with van der Waals surface area (Å²) in [6, 6.07) is 4.66. The van der Waals surface area contributed by atoms with Gasteiger partial charge < -0.3 is 9.64 Å². The highest BCUT2D eigenvalue weighted by molar-refractivity contribution is 7.89. The second-order valence-electron chi connectivity index (χ2n) is 5.76. The molecule has 0 saturated carbocycles. The summed E-state index contributed by atoms with van der Waals surface area (Å²) >= 11 is 0. The van der Waals surface area contributed by atoms with Gasteiger partial charge in [-0.1, -0.05) is 6.07 Å². The van der Waals surface area contributed by atoms with Gasteiger partial charge in [0.1, 0.15) is 23.3 Å². The smallest absolute Gasteiger partial charge is 0.246 e. The zero-order chi connectivity index (χ0) is 18.7. The Kier molecular flexibility index (Phi) is 5.44. The zero-order valence-electron chi connectivity index (χ0n) is 14.1. The third kappa shape index (κ3) is 4.14. The van der Waals surface area contributed by atoms with Gasteiger partial charge in [0.2, 0.25) is 10.0 Å². The van der Waals surface area contributed by atoms with Crippen LogP contribution in [-0.2, 0) is 21.3 Å². The lowest BCUT2D eigenvalue weighted by atomic mass is 10.3. The summed E-state index contributed by atoms with van der Waals surface area (Å²) < 4.78 is 59.4. The van der Waals surface area contributed by atoms with Crippen LogP contribution >= 0.6 is 0 Å². The van der Waals surface area contributed by atoms with Crippen molar-refractivity contribution in [3.63, 3.8) is 0 Å². The molecule has 0 unspecified atom stereocenters. The van der Waals surface area contributed by atoms with E-state index in [0.717, 1.165) is 18.2 Å². The maximum atomic E-state index is 13.7. The predicted octanol–water partition coefficient (Wildman–Crippen LogP) is 1.38. The number of halogens is 2. The lowest BCUT2D eigenvalue weighted by Gasteiger charge is -2.28. The summed E-state index contributed by atoms with van der Waals surface area (Å²) in [7, 11) is -4.38. The Balaban J connectivity index is 1.80. The van der Waals surface area contributed by atoms with Gasteiger partial charge in [-0.15, -0.1) is 0 Å². The molecule has 1 aromatic carbocycles. The zero-order valence-corrected chi connectivity index (χ0v) is 14.9. The van der Waals surface area contributed by atoms with E-state index in [1.807, 2.05) is 4.90 Å². The molecule has 1 saturated heterocycles. The number of hydrogen-bond acceptors (Lipinski definition) is 6. The molecule has 7 nitrogen and oxygen atoms in total. The van der Waals surface area contributed by atoms with E-state index in [1.165, 1.54) is 0 Å². The van der Waals surface area contributed by atoms with E-state index in [1.54, 1.807) is 13.0 Å². The van der Waals surface area contributed by atoms with Gasteiger partial charge in [-0.2, -0.15) is 0 Å². The minimum Gasteiger partial charge on any atom is -0.378 e. The minimum atomic E-state index is -4.38. The Bertz CT molecular complexity index is 882. The molecular formula is C16H18F2N4O3S. The molecule has 0 aliphatic carbocycles. The quantitative estimate of drug-likeness (QED) is 0.839. The van der Waals surface area contributed by atoms with Crippen molar-refractivity contribution in [3.8, 4) is 0 Å². The van der Waals surface area contributed by atoms with Crippen LogP contribution in [0.1, 0.15) is 11.5 Å². The average Bonchev–Trinajstić information content (AvgIpc) is 2.60. The number of rotatable bonds is 5. The molecule has 0 atom stereocenters. The van der Waals surface area contributed by atoms with Crippen LogP contribution in [0.4, 0.5) is 14.6 Å². The SMILES string of the molecule is Cc1cc(N2CCOCC2)nc(CNS(=O)(=O)c2c(F)cccc2F)n1. The number of hydrogen-bond donors (Lipinski definition) is 1. The summed E-state index contributed by atoms with van der Waals surface area (Å²) in [5.74, 6) is -1.44. The lowest BCUT2D eigenvalue weighted by Crippen LogP contribution is -2.37. The van der Waals surface area contributed by atoms with Crippen LogP contribution in [0.2, 0.25) is 0 Å². The van der Waals surface area contributed by atoms with Crippen molar-refractivity contribution in [1.82, 2.24) is 14.7 Å². The highest BCUT2D eigenvalue weighted by atomic mass is 32.2. The number of aromatic nitrogens is 2. The average molecular weight is 384 g/mol. The highest BCUT2D eigenvalue weighted by Crippen LogP contribution is 2.19. The van der Waals surface area contributed by atoms with Crippen molar-refractivity contribution in [3.05, 3.63) is 47.4 Å². The van der Waals surface area contributed by atoms with Crippen LogP contribution in [-0.4, -0.2) is 44.7 Å². The largest absolute Gasteiger partial charge is 0.378 e. The second kappa shape index (κ2) is 7.60. The van der Waals surface area contributed by atoms with Crippen molar-refractivity contribution in [2.24, 2.45) is 0 Å². The number of anilines is 1. The van der Waals surface area contributed by atoms with E-state index in [4.69, 9.17) is 4.74 Å². The Hall–Kier alpha value is -2.17. The van der Waals surface area contributed by atoms with E-state index in [0.29, 0.717) is 37.8 Å². The van der Waals surface area contributed by atoms with Gasteiger partial charge in [0.25, 0.3) is 0 Å². The molecule has 0 bridgehead atoms. The highest BCUT2D eigenvalue weighted by Gasteiger charge is 2.24. The third-order valence-corrected chi connectivity index (χ3v) is 5.28. The van der Waals surface area contributed by atoms with Gasteiger partial charge in [-0.3, -0.25) is 0 Å². The Morgan fingerprint density at radius 2 is 1.85 bits per heavy atom. The van der Waals surface area contributed by atoms with Crippen LogP contribution in [0.3, 0.4) is 0 Å². The van der Waals surface area contributed by atoms with Crippen LogP contribution in [0.15, 0.2) is 29.2 Å². The fourth-order valence-electron chi connectivity index (χ4n) is 2.62. The van der Waals surface area contributed by atoms with Gasteiger partial charge in [-0.25, -0.2) is 31.9 Å². The first-order valence-electron chi connectivity index (χ1n) is 7.98. The molecule has 1 fully saturated rings. The first kappa shape index (κ1) is 18.6. The third-order valence-electron chi connectivity index (χ3n) is 3.83. The molecule has 0 spiro atoms.